The van der Waals surface area contributed by atoms with Crippen molar-refractivity contribution < 1.29 is 36.2 Å². The number of nitrogens with one attached hydrogen (secondary N) is 1. The lowest BCUT2D eigenvalue weighted by atomic mass is 10.0. The second-order valence-corrected chi connectivity index (χ2v) is 17.1. The number of aromatic nitrogens is 5. The first-order valence-corrected chi connectivity index (χ1v) is 20.3. The number of nitrogens with zero attached hydrogens (tertiary/aromatic N) is 6. The Morgan fingerprint density at radius 3 is 2.26 bits per heavy atom. The largest absolute Gasteiger partial charge is 0.497 e. The number of sulfonamides is 1. The third kappa shape index (κ3) is 9.15. The fraction of sp³-hybridized carbons (Fsp3) is 0.325. The second-order valence-electron chi connectivity index (χ2n) is 14.8. The molecule has 58 heavy (non-hydrogen) atoms. The first-order valence-electron chi connectivity index (χ1n) is 18.0. The topological polar surface area (TPSA) is 160 Å². The summed E-state index contributed by atoms with van der Waals surface area (Å²) >= 11 is 6.87. The van der Waals surface area contributed by atoms with Gasteiger partial charge in [-0.2, -0.15) is 10.1 Å². The van der Waals surface area contributed by atoms with Crippen molar-refractivity contribution in [2.24, 2.45) is 7.05 Å². The molecule has 0 unspecified atom stereocenters. The number of benzene rings is 3. The number of halogens is 3. The first-order chi connectivity index (χ1) is 27.2. The first kappa shape index (κ1) is 41.8. The highest BCUT2D eigenvalue weighted by Crippen LogP contribution is 2.38. The van der Waals surface area contributed by atoms with Gasteiger partial charge in [-0.05, 0) is 88.2 Å². The number of pyridine rings is 1. The molecule has 306 valence electrons. The lowest BCUT2D eigenvalue weighted by Gasteiger charge is -2.26. The lowest BCUT2D eigenvalue weighted by Crippen LogP contribution is -2.39. The molecule has 3 aromatic heterocycles. The van der Waals surface area contributed by atoms with Crippen LogP contribution in [-0.2, 0) is 34.8 Å². The van der Waals surface area contributed by atoms with Crippen LogP contribution in [-0.4, -0.2) is 63.9 Å². The van der Waals surface area contributed by atoms with Gasteiger partial charge in [0.15, 0.2) is 11.5 Å². The molecule has 0 bridgehead atoms. The van der Waals surface area contributed by atoms with Crippen LogP contribution in [0.5, 0.6) is 11.6 Å². The van der Waals surface area contributed by atoms with Crippen molar-refractivity contribution in [1.29, 1.82) is 0 Å². The number of hydrogen-bond donors (Lipinski definition) is 1. The Morgan fingerprint density at radius 2 is 1.66 bits per heavy atom. The number of alkyl carbamates (subject to hydrolysis) is 1. The van der Waals surface area contributed by atoms with Gasteiger partial charge >= 0.3 is 6.09 Å². The summed E-state index contributed by atoms with van der Waals surface area (Å²) < 4.78 is 76.4. The van der Waals surface area contributed by atoms with Gasteiger partial charge in [-0.15, -0.1) is 0 Å². The Hall–Kier alpha value is -5.81. The van der Waals surface area contributed by atoms with Crippen LogP contribution in [0.25, 0.3) is 27.6 Å². The SMILES string of the molecule is COc1ccc(CN(c2nn(C)c3c(-n4c([C@H](Cc5cc(F)cc(F)c5)NC(=O)OC(C)(C)C)nc5nc(OC(C)C)ccc5c4=O)ccc(Cl)c23)S(C)(=O)=O)cc1. The van der Waals surface area contributed by atoms with E-state index in [4.69, 9.17) is 30.8 Å². The number of aryl methyl sites for hydroxylation is 1. The van der Waals surface area contributed by atoms with E-state index >= 15 is 0 Å². The number of hydrogen-bond acceptors (Lipinski definition) is 10. The summed E-state index contributed by atoms with van der Waals surface area (Å²) in [4.78, 5) is 37.7. The molecule has 0 aliphatic carbocycles. The molecule has 0 saturated heterocycles. The summed E-state index contributed by atoms with van der Waals surface area (Å²) in [6, 6.07) is 14.5. The minimum absolute atomic E-state index is 0.0261. The summed E-state index contributed by atoms with van der Waals surface area (Å²) in [6.07, 6.45) is -0.416. The van der Waals surface area contributed by atoms with Gasteiger partial charge in [-0.25, -0.2) is 31.3 Å². The average molecular weight is 838 g/mol. The van der Waals surface area contributed by atoms with E-state index < -0.39 is 45.0 Å². The molecule has 6 rings (SSSR count). The normalized spacial score (nSPS) is 12.6. The fourth-order valence-corrected chi connectivity index (χ4v) is 7.46. The van der Waals surface area contributed by atoms with E-state index in [1.165, 1.54) is 40.6 Å². The third-order valence-electron chi connectivity index (χ3n) is 8.71. The van der Waals surface area contributed by atoms with Crippen molar-refractivity contribution >= 4 is 55.5 Å². The summed E-state index contributed by atoms with van der Waals surface area (Å²) in [7, 11) is -0.925. The van der Waals surface area contributed by atoms with Crippen molar-refractivity contribution in [1.82, 2.24) is 29.6 Å². The number of fused-ring (bicyclic) bond motifs is 2. The molecule has 3 heterocycles. The zero-order chi connectivity index (χ0) is 42.3. The Bertz CT molecular complexity index is 2680. The van der Waals surface area contributed by atoms with E-state index in [0.717, 1.165) is 22.7 Å². The number of ether oxygens (including phenoxy) is 3. The zero-order valence-electron chi connectivity index (χ0n) is 33.0. The number of carbonyl (C=O) groups excluding carboxylic acids is 1. The smallest absolute Gasteiger partial charge is 0.408 e. The van der Waals surface area contributed by atoms with E-state index in [1.807, 2.05) is 0 Å². The van der Waals surface area contributed by atoms with E-state index in [2.05, 4.69) is 15.4 Å². The Balaban J connectivity index is 1.64. The predicted octanol–water partition coefficient (Wildman–Crippen LogP) is 7.17. The number of carbonyl (C=O) groups is 1. The molecular weight excluding hydrogens is 796 g/mol. The van der Waals surface area contributed by atoms with E-state index in [-0.39, 0.29) is 74.8 Å². The Labute approximate surface area is 338 Å². The van der Waals surface area contributed by atoms with Gasteiger partial charge in [-0.1, -0.05) is 23.7 Å². The van der Waals surface area contributed by atoms with Crippen molar-refractivity contribution in [2.75, 3.05) is 17.7 Å². The highest BCUT2D eigenvalue weighted by atomic mass is 35.5. The molecule has 0 fully saturated rings. The van der Waals surface area contributed by atoms with E-state index in [9.17, 15) is 26.8 Å². The van der Waals surface area contributed by atoms with Gasteiger partial charge in [0, 0.05) is 25.6 Å². The van der Waals surface area contributed by atoms with Crippen LogP contribution in [0, 0.1) is 11.6 Å². The van der Waals surface area contributed by atoms with Gasteiger partial charge in [0.25, 0.3) is 5.56 Å². The van der Waals surface area contributed by atoms with Crippen molar-refractivity contribution in [3.63, 3.8) is 0 Å². The predicted molar refractivity (Wildman–Crippen MR) is 216 cm³/mol. The quantitative estimate of drug-likeness (QED) is 0.134. The molecule has 1 amide bonds. The van der Waals surface area contributed by atoms with Gasteiger partial charge in [-0.3, -0.25) is 14.0 Å². The Kier molecular flexibility index (Phi) is 11.7. The van der Waals surface area contributed by atoms with Crippen LogP contribution in [0.2, 0.25) is 5.02 Å². The van der Waals surface area contributed by atoms with Gasteiger partial charge < -0.3 is 19.5 Å². The number of rotatable bonds is 12. The Morgan fingerprint density at radius 1 is 0.983 bits per heavy atom. The molecule has 0 radical (unpaired) electrons. The van der Waals surface area contributed by atoms with Crippen LogP contribution in [0.15, 0.2) is 71.5 Å². The molecule has 0 aliphatic heterocycles. The maximum atomic E-state index is 14.9. The van der Waals surface area contributed by atoms with Crippen LogP contribution < -0.4 is 24.7 Å². The van der Waals surface area contributed by atoms with E-state index in [0.29, 0.717) is 17.4 Å². The lowest BCUT2D eigenvalue weighted by molar-refractivity contribution is 0.0500. The van der Waals surface area contributed by atoms with Crippen LogP contribution in [0.4, 0.5) is 19.4 Å². The van der Waals surface area contributed by atoms with Crippen molar-refractivity contribution in [2.45, 2.75) is 65.3 Å². The van der Waals surface area contributed by atoms with E-state index in [1.54, 1.807) is 65.9 Å². The maximum absolute atomic E-state index is 14.9. The van der Waals surface area contributed by atoms with Crippen LogP contribution >= 0.6 is 11.6 Å². The second kappa shape index (κ2) is 16.2. The molecule has 18 heteroatoms. The monoisotopic (exact) mass is 837 g/mol. The van der Waals surface area contributed by atoms with Crippen molar-refractivity contribution in [3.8, 4) is 17.3 Å². The molecule has 1 atom stereocenters. The van der Waals surface area contributed by atoms with Crippen LogP contribution in [0.3, 0.4) is 0 Å². The zero-order valence-corrected chi connectivity index (χ0v) is 34.6. The molecule has 1 N–H and O–H groups in total. The molecule has 14 nitrogen and oxygen atoms in total. The molecule has 0 aliphatic rings. The molecule has 3 aromatic carbocycles. The summed E-state index contributed by atoms with van der Waals surface area (Å²) in [6.45, 7) is 8.46. The number of methoxy groups -OCH3 is 1. The average Bonchev–Trinajstić information content (AvgIpc) is 3.46. The minimum Gasteiger partial charge on any atom is -0.497 e. The fourth-order valence-electron chi connectivity index (χ4n) is 6.40. The maximum Gasteiger partial charge on any atom is 0.408 e. The summed E-state index contributed by atoms with van der Waals surface area (Å²) in [5.41, 5.74) is -0.564. The summed E-state index contributed by atoms with van der Waals surface area (Å²) in [5, 5.41) is 7.73. The minimum atomic E-state index is -4.00. The standard InChI is InChI=1S/C40H42ClF2N7O7S/c1-22(2)56-32-16-13-28-35(45-32)46-36(30(44-39(52)57-40(3,4)5)19-24-17-25(42)20-26(43)18-24)50(38(28)51)31-15-14-29(41)33-34(31)48(6)47-37(33)49(58(8,53)54)21-23-9-11-27(55-7)12-10-23/h9-18,20,22,30H,19,21H2,1-8H3,(H,44,52)/t30-/m0/s1. The highest BCUT2D eigenvalue weighted by molar-refractivity contribution is 7.92. The number of amides is 1. The van der Waals surface area contributed by atoms with Gasteiger partial charge in [0.2, 0.25) is 15.9 Å². The van der Waals surface area contributed by atoms with Crippen LogP contribution in [0.1, 0.15) is 57.6 Å². The molecule has 0 saturated carbocycles. The third-order valence-corrected chi connectivity index (χ3v) is 10.1. The molecule has 6 aromatic rings. The van der Waals surface area contributed by atoms with Crippen molar-refractivity contribution in [3.05, 3.63) is 111 Å². The highest BCUT2D eigenvalue weighted by Gasteiger charge is 2.31. The van der Waals surface area contributed by atoms with Gasteiger partial charge in [0.05, 0.1) is 59.1 Å². The van der Waals surface area contributed by atoms with Gasteiger partial charge in [0.1, 0.15) is 28.8 Å². The molecule has 0 spiro atoms. The summed E-state index contributed by atoms with van der Waals surface area (Å²) in [5.74, 6) is -1.12. The number of anilines is 1. The molecular formula is C40H42ClF2N7O7S.